The molecule has 1 aromatic carbocycles. The van der Waals surface area contributed by atoms with Crippen LogP contribution in [0.3, 0.4) is 0 Å². The van der Waals surface area contributed by atoms with Gasteiger partial charge in [-0.15, -0.1) is 10.2 Å². The number of carbonyl (C=O) groups excluding carboxylic acids is 1. The molecule has 1 atom stereocenters. The van der Waals surface area contributed by atoms with Crippen molar-refractivity contribution in [2.24, 2.45) is 5.92 Å². The molecule has 1 heterocycles. The molecule has 0 spiro atoms. The molecule has 0 bridgehead atoms. The highest BCUT2D eigenvalue weighted by molar-refractivity contribution is 7.99. The van der Waals surface area contributed by atoms with Gasteiger partial charge in [0.25, 0.3) is 0 Å². The predicted molar refractivity (Wildman–Crippen MR) is 93.5 cm³/mol. The Morgan fingerprint density at radius 1 is 1.52 bits per heavy atom. The third-order valence-electron chi connectivity index (χ3n) is 4.22. The van der Waals surface area contributed by atoms with Crippen LogP contribution < -0.4 is 10.1 Å². The first kappa shape index (κ1) is 17.3. The Bertz CT molecular complexity index is 811. The number of nitrogens with zero attached hydrogens (tertiary/aromatic N) is 4. The zero-order chi connectivity index (χ0) is 17.9. The first-order chi connectivity index (χ1) is 12.1. The summed E-state index contributed by atoms with van der Waals surface area (Å²) in [6, 6.07) is 9.75. The summed E-state index contributed by atoms with van der Waals surface area (Å²) in [4.78, 5) is 12.3. The Hall–Kier alpha value is -2.53. The molecule has 0 aliphatic heterocycles. The van der Waals surface area contributed by atoms with Gasteiger partial charge >= 0.3 is 0 Å². The Balaban J connectivity index is 1.68. The lowest BCUT2D eigenvalue weighted by Gasteiger charge is -2.22. The van der Waals surface area contributed by atoms with Crippen LogP contribution in [-0.4, -0.2) is 39.1 Å². The Kier molecular flexibility index (Phi) is 4.95. The van der Waals surface area contributed by atoms with E-state index in [9.17, 15) is 10.1 Å². The lowest BCUT2D eigenvalue weighted by Crippen LogP contribution is -2.47. The zero-order valence-electron chi connectivity index (χ0n) is 14.1. The van der Waals surface area contributed by atoms with E-state index in [1.54, 1.807) is 24.9 Å². The van der Waals surface area contributed by atoms with Crippen LogP contribution in [0.2, 0.25) is 0 Å². The summed E-state index contributed by atoms with van der Waals surface area (Å²) in [6.07, 6.45) is 3.56. The van der Waals surface area contributed by atoms with E-state index in [0.717, 1.165) is 18.5 Å². The van der Waals surface area contributed by atoms with Gasteiger partial charge in [-0.25, -0.2) is 0 Å². The summed E-state index contributed by atoms with van der Waals surface area (Å²) in [5.74, 6) is 0.927. The van der Waals surface area contributed by atoms with Crippen LogP contribution in [0.4, 0.5) is 0 Å². The Labute approximate surface area is 150 Å². The van der Waals surface area contributed by atoms with Gasteiger partial charge < -0.3 is 10.1 Å². The van der Waals surface area contributed by atoms with Gasteiger partial charge in [0.1, 0.15) is 17.6 Å². The fourth-order valence-electron chi connectivity index (χ4n) is 2.65. The summed E-state index contributed by atoms with van der Waals surface area (Å²) in [7, 11) is 1.60. The smallest absolute Gasteiger partial charge is 0.231 e. The monoisotopic (exact) mass is 357 g/mol. The van der Waals surface area contributed by atoms with Crippen molar-refractivity contribution in [3.63, 3.8) is 0 Å². The molecule has 0 radical (unpaired) electrons. The number of para-hydroxylation sites is 2. The van der Waals surface area contributed by atoms with E-state index < -0.39 is 5.54 Å². The maximum atomic E-state index is 12.3. The second-order valence-electron chi connectivity index (χ2n) is 6.08. The van der Waals surface area contributed by atoms with Crippen molar-refractivity contribution in [3.05, 3.63) is 30.6 Å². The van der Waals surface area contributed by atoms with Crippen molar-refractivity contribution in [3.8, 4) is 17.5 Å². The van der Waals surface area contributed by atoms with Crippen LogP contribution >= 0.6 is 11.8 Å². The van der Waals surface area contributed by atoms with E-state index in [1.165, 1.54) is 11.8 Å². The summed E-state index contributed by atoms with van der Waals surface area (Å²) < 4.78 is 7.14. The summed E-state index contributed by atoms with van der Waals surface area (Å²) in [6.45, 7) is 1.78. The molecule has 2 aromatic rings. The van der Waals surface area contributed by atoms with Crippen LogP contribution in [-0.2, 0) is 4.79 Å². The van der Waals surface area contributed by atoms with E-state index in [-0.39, 0.29) is 17.6 Å². The summed E-state index contributed by atoms with van der Waals surface area (Å²) in [5, 5.41) is 20.8. The van der Waals surface area contributed by atoms with E-state index >= 15 is 0 Å². The minimum absolute atomic E-state index is 0.165. The molecular weight excluding hydrogens is 338 g/mol. The van der Waals surface area contributed by atoms with Crippen molar-refractivity contribution < 1.29 is 9.53 Å². The van der Waals surface area contributed by atoms with Crippen molar-refractivity contribution in [2.75, 3.05) is 12.9 Å². The van der Waals surface area contributed by atoms with Crippen LogP contribution in [0.5, 0.6) is 5.75 Å². The molecule has 1 amide bonds. The van der Waals surface area contributed by atoms with Crippen LogP contribution in [0.1, 0.15) is 19.8 Å². The number of methoxy groups -OCH3 is 1. The molecule has 1 N–H and O–H groups in total. The molecule has 1 fully saturated rings. The molecule has 0 saturated heterocycles. The minimum atomic E-state index is -0.784. The molecule has 1 aromatic heterocycles. The quantitative estimate of drug-likeness (QED) is 0.764. The van der Waals surface area contributed by atoms with Crippen molar-refractivity contribution >= 4 is 17.7 Å². The molecule has 1 aliphatic rings. The first-order valence-corrected chi connectivity index (χ1v) is 8.94. The third-order valence-corrected chi connectivity index (χ3v) is 5.16. The molecule has 7 nitrogen and oxygen atoms in total. The van der Waals surface area contributed by atoms with Gasteiger partial charge in [0, 0.05) is 0 Å². The average Bonchev–Trinajstić information content (AvgIpc) is 3.39. The molecule has 1 aliphatic carbocycles. The largest absolute Gasteiger partial charge is 0.495 e. The SMILES string of the molecule is COc1ccccc1-n1cnnc1SCC(=O)N[C@@](C)(C#N)C1CC1. The fourth-order valence-corrected chi connectivity index (χ4v) is 3.38. The highest BCUT2D eigenvalue weighted by Crippen LogP contribution is 2.39. The maximum Gasteiger partial charge on any atom is 0.231 e. The van der Waals surface area contributed by atoms with Crippen LogP contribution in [0, 0.1) is 17.2 Å². The molecule has 1 saturated carbocycles. The number of thioether (sulfide) groups is 1. The summed E-state index contributed by atoms with van der Waals surface area (Å²) >= 11 is 1.27. The maximum absolute atomic E-state index is 12.3. The molecule has 25 heavy (non-hydrogen) atoms. The number of aromatic nitrogens is 3. The zero-order valence-corrected chi connectivity index (χ0v) is 14.9. The van der Waals surface area contributed by atoms with Gasteiger partial charge in [0.15, 0.2) is 5.16 Å². The van der Waals surface area contributed by atoms with Crippen molar-refractivity contribution in [2.45, 2.75) is 30.5 Å². The molecule has 0 unspecified atom stereocenters. The normalized spacial score (nSPS) is 15.9. The van der Waals surface area contributed by atoms with Gasteiger partial charge in [-0.3, -0.25) is 9.36 Å². The van der Waals surface area contributed by atoms with E-state index in [1.807, 2.05) is 24.3 Å². The van der Waals surface area contributed by atoms with E-state index in [4.69, 9.17) is 4.74 Å². The standard InChI is InChI=1S/C17H19N5O2S/c1-17(10-18,12-7-8-12)20-15(23)9-25-16-21-19-11-22(16)13-5-3-4-6-14(13)24-2/h3-6,11-12H,7-9H2,1-2H3,(H,20,23)/t17-/m0/s1. The third kappa shape index (κ3) is 3.77. The number of nitriles is 1. The Morgan fingerprint density at radius 2 is 2.28 bits per heavy atom. The van der Waals surface area contributed by atoms with Gasteiger partial charge in [-0.2, -0.15) is 5.26 Å². The van der Waals surface area contributed by atoms with E-state index in [2.05, 4.69) is 21.6 Å². The molecular formula is C17H19N5O2S. The van der Waals surface area contributed by atoms with Gasteiger partial charge in [-0.05, 0) is 37.8 Å². The molecule has 3 rings (SSSR count). The number of carbonyl (C=O) groups is 1. The predicted octanol–water partition coefficient (Wildman–Crippen LogP) is 2.18. The number of ether oxygens (including phenoxy) is 1. The number of hydrogen-bond acceptors (Lipinski definition) is 6. The second-order valence-corrected chi connectivity index (χ2v) is 7.02. The van der Waals surface area contributed by atoms with Crippen molar-refractivity contribution in [1.29, 1.82) is 5.26 Å². The second kappa shape index (κ2) is 7.15. The van der Waals surface area contributed by atoms with Crippen molar-refractivity contribution in [1.82, 2.24) is 20.1 Å². The molecule has 130 valence electrons. The fraction of sp³-hybridized carbons (Fsp3) is 0.412. The van der Waals surface area contributed by atoms with Gasteiger partial charge in [0.05, 0.1) is 24.6 Å². The number of nitrogens with one attached hydrogen (secondary N) is 1. The highest BCUT2D eigenvalue weighted by atomic mass is 32.2. The number of hydrogen-bond donors (Lipinski definition) is 1. The first-order valence-electron chi connectivity index (χ1n) is 7.96. The number of benzene rings is 1. The average molecular weight is 357 g/mol. The summed E-state index contributed by atoms with van der Waals surface area (Å²) in [5.41, 5.74) is 0.0197. The minimum Gasteiger partial charge on any atom is -0.495 e. The topological polar surface area (TPSA) is 92.8 Å². The molecule has 8 heteroatoms. The van der Waals surface area contributed by atoms with Gasteiger partial charge in [-0.1, -0.05) is 23.9 Å². The lowest BCUT2D eigenvalue weighted by atomic mass is 9.98. The van der Waals surface area contributed by atoms with Crippen LogP contribution in [0.25, 0.3) is 5.69 Å². The number of rotatable bonds is 7. The van der Waals surface area contributed by atoms with Crippen LogP contribution in [0.15, 0.2) is 35.7 Å². The Morgan fingerprint density at radius 3 is 2.96 bits per heavy atom. The van der Waals surface area contributed by atoms with E-state index in [0.29, 0.717) is 10.9 Å². The lowest BCUT2D eigenvalue weighted by molar-refractivity contribution is -0.119. The van der Waals surface area contributed by atoms with Gasteiger partial charge in [0.2, 0.25) is 5.91 Å². The highest BCUT2D eigenvalue weighted by Gasteiger charge is 2.42. The number of amides is 1.